The van der Waals surface area contributed by atoms with E-state index in [-0.39, 0.29) is 6.04 Å². The zero-order valence-corrected chi connectivity index (χ0v) is 11.8. The van der Waals surface area contributed by atoms with Crippen LogP contribution in [0.25, 0.3) is 0 Å². The molecule has 1 aliphatic carbocycles. The highest BCUT2D eigenvalue weighted by atomic mass is 16.4. The van der Waals surface area contributed by atoms with Crippen LogP contribution in [0.2, 0.25) is 0 Å². The van der Waals surface area contributed by atoms with Crippen LogP contribution in [0.15, 0.2) is 0 Å². The van der Waals surface area contributed by atoms with Crippen molar-refractivity contribution in [3.8, 4) is 0 Å². The average Bonchev–Trinajstić information content (AvgIpc) is 3.09. The SMILES string of the molecule is CC(C)CCN(C(=O)NC(C(=O)O)C(C)O)C1CC1. The Balaban J connectivity index is 2.58. The Morgan fingerprint density at radius 3 is 2.26 bits per heavy atom. The molecule has 1 fully saturated rings. The molecule has 6 heteroatoms. The van der Waals surface area contributed by atoms with E-state index in [9.17, 15) is 14.7 Å². The second kappa shape index (κ2) is 6.75. The number of carbonyl (C=O) groups is 2. The first-order valence-corrected chi connectivity index (χ1v) is 6.81. The number of hydrogen-bond donors (Lipinski definition) is 3. The molecule has 0 saturated heterocycles. The molecule has 0 aromatic heterocycles. The summed E-state index contributed by atoms with van der Waals surface area (Å²) in [6, 6.07) is -1.42. The number of carbonyl (C=O) groups excluding carboxylic acids is 1. The fourth-order valence-electron chi connectivity index (χ4n) is 1.84. The summed E-state index contributed by atoms with van der Waals surface area (Å²) in [7, 11) is 0. The lowest BCUT2D eigenvalue weighted by atomic mass is 10.1. The van der Waals surface area contributed by atoms with Gasteiger partial charge in [-0.25, -0.2) is 9.59 Å². The van der Waals surface area contributed by atoms with Gasteiger partial charge in [0, 0.05) is 12.6 Å². The zero-order chi connectivity index (χ0) is 14.6. The molecular formula is C13H24N2O4. The van der Waals surface area contributed by atoms with Gasteiger partial charge in [-0.05, 0) is 32.1 Å². The van der Waals surface area contributed by atoms with Crippen molar-refractivity contribution in [1.82, 2.24) is 10.2 Å². The minimum absolute atomic E-state index is 0.224. The molecule has 110 valence electrons. The van der Waals surface area contributed by atoms with Crippen LogP contribution >= 0.6 is 0 Å². The van der Waals surface area contributed by atoms with Gasteiger partial charge in [0.15, 0.2) is 6.04 Å². The maximum absolute atomic E-state index is 12.1. The number of carboxylic acids is 1. The van der Waals surface area contributed by atoms with Gasteiger partial charge in [-0.1, -0.05) is 13.8 Å². The Labute approximate surface area is 113 Å². The van der Waals surface area contributed by atoms with Crippen LogP contribution in [0.4, 0.5) is 4.79 Å². The van der Waals surface area contributed by atoms with E-state index < -0.39 is 24.1 Å². The van der Waals surface area contributed by atoms with Crippen molar-refractivity contribution in [2.75, 3.05) is 6.54 Å². The monoisotopic (exact) mass is 272 g/mol. The highest BCUT2D eigenvalue weighted by Crippen LogP contribution is 2.27. The summed E-state index contributed by atoms with van der Waals surface area (Å²) in [5, 5.41) is 20.7. The number of aliphatic hydroxyl groups is 1. The summed E-state index contributed by atoms with van der Waals surface area (Å²) in [6.45, 7) is 6.15. The lowest BCUT2D eigenvalue weighted by Crippen LogP contribution is -2.53. The van der Waals surface area contributed by atoms with Crippen molar-refractivity contribution in [1.29, 1.82) is 0 Å². The fraction of sp³-hybridized carbons (Fsp3) is 0.846. The van der Waals surface area contributed by atoms with E-state index in [4.69, 9.17) is 5.11 Å². The number of nitrogens with zero attached hydrogens (tertiary/aromatic N) is 1. The van der Waals surface area contributed by atoms with Gasteiger partial charge >= 0.3 is 12.0 Å². The number of hydrogen-bond acceptors (Lipinski definition) is 3. The first-order chi connectivity index (χ1) is 8.82. The molecule has 2 amide bonds. The van der Waals surface area contributed by atoms with Crippen molar-refractivity contribution in [3.63, 3.8) is 0 Å². The van der Waals surface area contributed by atoms with E-state index in [0.717, 1.165) is 19.3 Å². The number of rotatable bonds is 7. The highest BCUT2D eigenvalue weighted by Gasteiger charge is 2.35. The van der Waals surface area contributed by atoms with E-state index in [2.05, 4.69) is 19.2 Å². The van der Waals surface area contributed by atoms with Crippen molar-refractivity contribution in [2.45, 2.75) is 58.2 Å². The van der Waals surface area contributed by atoms with Crippen molar-refractivity contribution in [3.05, 3.63) is 0 Å². The van der Waals surface area contributed by atoms with Crippen molar-refractivity contribution in [2.24, 2.45) is 5.92 Å². The second-order valence-electron chi connectivity index (χ2n) is 5.61. The number of aliphatic hydroxyl groups excluding tert-OH is 1. The Hall–Kier alpha value is -1.30. The first kappa shape index (κ1) is 15.8. The van der Waals surface area contributed by atoms with E-state index in [1.165, 1.54) is 6.92 Å². The van der Waals surface area contributed by atoms with Gasteiger partial charge in [0.25, 0.3) is 0 Å². The molecule has 19 heavy (non-hydrogen) atoms. The lowest BCUT2D eigenvalue weighted by Gasteiger charge is -2.26. The minimum atomic E-state index is -1.26. The summed E-state index contributed by atoms with van der Waals surface area (Å²) < 4.78 is 0. The smallest absolute Gasteiger partial charge is 0.328 e. The number of nitrogens with one attached hydrogen (secondary N) is 1. The summed E-state index contributed by atoms with van der Waals surface area (Å²) in [5.41, 5.74) is 0. The van der Waals surface area contributed by atoms with Gasteiger partial charge < -0.3 is 20.4 Å². The maximum atomic E-state index is 12.1. The third-order valence-electron chi connectivity index (χ3n) is 3.22. The molecule has 0 aliphatic heterocycles. The van der Waals surface area contributed by atoms with Crippen LogP contribution < -0.4 is 5.32 Å². The number of carboxylic acid groups (broad SMARTS) is 1. The van der Waals surface area contributed by atoms with Crippen molar-refractivity contribution >= 4 is 12.0 Å². The highest BCUT2D eigenvalue weighted by molar-refractivity contribution is 5.83. The number of aliphatic carboxylic acids is 1. The van der Waals surface area contributed by atoms with E-state index >= 15 is 0 Å². The quantitative estimate of drug-likeness (QED) is 0.646. The van der Waals surface area contributed by atoms with Crippen LogP contribution in [0.3, 0.4) is 0 Å². The van der Waals surface area contributed by atoms with Crippen LogP contribution in [-0.4, -0.2) is 51.8 Å². The molecule has 1 aliphatic rings. The fourth-order valence-corrected chi connectivity index (χ4v) is 1.84. The molecule has 0 aromatic rings. The average molecular weight is 272 g/mol. The van der Waals surface area contributed by atoms with Gasteiger partial charge in [0.1, 0.15) is 0 Å². The molecule has 0 spiro atoms. The summed E-state index contributed by atoms with van der Waals surface area (Å²) in [4.78, 5) is 24.7. The second-order valence-corrected chi connectivity index (χ2v) is 5.61. The Bertz CT molecular complexity index is 327. The van der Waals surface area contributed by atoms with Crippen LogP contribution in [-0.2, 0) is 4.79 Å². The predicted molar refractivity (Wildman–Crippen MR) is 70.8 cm³/mol. The standard InChI is InChI=1S/C13H24N2O4/c1-8(2)6-7-15(10-4-5-10)13(19)14-11(9(3)16)12(17)18/h8-11,16H,4-7H2,1-3H3,(H,14,19)(H,17,18). The Morgan fingerprint density at radius 2 is 1.89 bits per heavy atom. The topological polar surface area (TPSA) is 89.9 Å². The molecule has 3 N–H and O–H groups in total. The normalized spacial score (nSPS) is 17.9. The van der Waals surface area contributed by atoms with Gasteiger partial charge in [-0.2, -0.15) is 0 Å². The lowest BCUT2D eigenvalue weighted by molar-refractivity contribution is -0.141. The largest absolute Gasteiger partial charge is 0.480 e. The van der Waals surface area contributed by atoms with E-state index in [1.807, 2.05) is 0 Å². The van der Waals surface area contributed by atoms with E-state index in [1.54, 1.807) is 4.90 Å². The maximum Gasteiger partial charge on any atom is 0.328 e. The minimum Gasteiger partial charge on any atom is -0.480 e. The third-order valence-corrected chi connectivity index (χ3v) is 3.22. The Kier molecular flexibility index (Phi) is 5.60. The third kappa shape index (κ3) is 5.06. The molecule has 2 unspecified atom stereocenters. The van der Waals surface area contributed by atoms with Gasteiger partial charge in [0.05, 0.1) is 6.10 Å². The van der Waals surface area contributed by atoms with Gasteiger partial charge in [-0.15, -0.1) is 0 Å². The molecule has 0 radical (unpaired) electrons. The Morgan fingerprint density at radius 1 is 1.32 bits per heavy atom. The van der Waals surface area contributed by atoms with Crippen LogP contribution in [0.1, 0.15) is 40.0 Å². The zero-order valence-electron chi connectivity index (χ0n) is 11.8. The number of amides is 2. The number of urea groups is 1. The van der Waals surface area contributed by atoms with Crippen LogP contribution in [0, 0.1) is 5.92 Å². The predicted octanol–water partition coefficient (Wildman–Crippen LogP) is 1.04. The molecule has 0 aromatic carbocycles. The molecule has 6 nitrogen and oxygen atoms in total. The molecule has 0 bridgehead atoms. The molecule has 0 heterocycles. The molecule has 1 saturated carbocycles. The summed E-state index contributed by atoms with van der Waals surface area (Å²) in [6.07, 6.45) is 1.71. The molecule has 2 atom stereocenters. The first-order valence-electron chi connectivity index (χ1n) is 6.81. The van der Waals surface area contributed by atoms with Gasteiger partial charge in [0.2, 0.25) is 0 Å². The summed E-state index contributed by atoms with van der Waals surface area (Å²) >= 11 is 0. The van der Waals surface area contributed by atoms with Crippen LogP contribution in [0.5, 0.6) is 0 Å². The van der Waals surface area contributed by atoms with E-state index in [0.29, 0.717) is 12.5 Å². The van der Waals surface area contributed by atoms with Gasteiger partial charge in [-0.3, -0.25) is 0 Å². The summed E-state index contributed by atoms with van der Waals surface area (Å²) in [5.74, 6) is -0.732. The molecule has 1 rings (SSSR count). The molecular weight excluding hydrogens is 248 g/mol. The van der Waals surface area contributed by atoms with Crippen molar-refractivity contribution < 1.29 is 19.8 Å².